The molecule has 0 bridgehead atoms. The zero-order chi connectivity index (χ0) is 17.5. The van der Waals surface area contributed by atoms with Crippen LogP contribution in [0.15, 0.2) is 24.1 Å². The van der Waals surface area contributed by atoms with Crippen molar-refractivity contribution in [3.8, 4) is 0 Å². The van der Waals surface area contributed by atoms with Crippen LogP contribution in [0, 0.1) is 5.92 Å². The van der Waals surface area contributed by atoms with Gasteiger partial charge in [-0.1, -0.05) is 0 Å². The third kappa shape index (κ3) is 3.25. The van der Waals surface area contributed by atoms with Crippen LogP contribution in [0.4, 0.5) is 0 Å². The first kappa shape index (κ1) is 16.3. The first-order valence-corrected chi connectivity index (χ1v) is 10.3. The SMILES string of the molecule is O=C(CCc1cncnc1)N1C[C@@H]2C[C@@H](c3nc(C4CC4)cs3)O[C@@H]2C1. The standard InChI is InChI=1S/C19H22N4O2S/c24-18(4-1-12-6-20-11-21-7-12)23-8-14-5-16(25-17(14)9-23)19-22-15(10-26-19)13-2-3-13/h6-7,10-11,13-14,16-17H,1-5,8-9H2/t14-,16-,17+/m0/s1. The summed E-state index contributed by atoms with van der Waals surface area (Å²) < 4.78 is 6.26. The van der Waals surface area contributed by atoms with Crippen LogP contribution < -0.4 is 0 Å². The number of fused-ring (bicyclic) bond motifs is 1. The van der Waals surface area contributed by atoms with Crippen LogP contribution in [-0.4, -0.2) is 45.0 Å². The fraction of sp³-hybridized carbons (Fsp3) is 0.579. The van der Waals surface area contributed by atoms with Crippen molar-refractivity contribution in [3.63, 3.8) is 0 Å². The molecule has 2 saturated heterocycles. The van der Waals surface area contributed by atoms with E-state index in [9.17, 15) is 4.79 Å². The molecule has 2 aliphatic heterocycles. The molecule has 1 amide bonds. The van der Waals surface area contributed by atoms with Gasteiger partial charge in [-0.15, -0.1) is 11.3 Å². The normalized spacial score (nSPS) is 27.7. The Kier molecular flexibility index (Phi) is 4.21. The number of hydrogen-bond donors (Lipinski definition) is 0. The topological polar surface area (TPSA) is 68.2 Å². The van der Waals surface area contributed by atoms with Gasteiger partial charge in [0.2, 0.25) is 5.91 Å². The van der Waals surface area contributed by atoms with Gasteiger partial charge < -0.3 is 9.64 Å². The van der Waals surface area contributed by atoms with Crippen molar-refractivity contribution in [2.45, 2.75) is 50.2 Å². The number of nitrogens with zero attached hydrogens (tertiary/aromatic N) is 4. The molecule has 0 spiro atoms. The van der Waals surface area contributed by atoms with Gasteiger partial charge in [0.1, 0.15) is 17.4 Å². The van der Waals surface area contributed by atoms with Gasteiger partial charge in [-0.05, 0) is 31.2 Å². The Morgan fingerprint density at radius 3 is 2.88 bits per heavy atom. The van der Waals surface area contributed by atoms with Crippen molar-refractivity contribution >= 4 is 17.2 Å². The van der Waals surface area contributed by atoms with Crippen molar-refractivity contribution in [2.24, 2.45) is 5.92 Å². The molecule has 1 aliphatic carbocycles. The zero-order valence-electron chi connectivity index (χ0n) is 14.6. The summed E-state index contributed by atoms with van der Waals surface area (Å²) in [6, 6.07) is 0. The number of carbonyl (C=O) groups is 1. The van der Waals surface area contributed by atoms with Gasteiger partial charge in [-0.2, -0.15) is 0 Å². The molecule has 7 heteroatoms. The van der Waals surface area contributed by atoms with E-state index >= 15 is 0 Å². The number of aryl methyl sites for hydroxylation is 1. The fourth-order valence-electron chi connectivity index (χ4n) is 4.01. The van der Waals surface area contributed by atoms with Crippen LogP contribution in [0.1, 0.15) is 54.0 Å². The van der Waals surface area contributed by atoms with Gasteiger partial charge in [0.25, 0.3) is 0 Å². The van der Waals surface area contributed by atoms with E-state index in [0.29, 0.717) is 31.2 Å². The lowest BCUT2D eigenvalue weighted by Crippen LogP contribution is -2.30. The zero-order valence-corrected chi connectivity index (χ0v) is 15.4. The van der Waals surface area contributed by atoms with Crippen LogP contribution in [-0.2, 0) is 16.0 Å². The fourth-order valence-corrected chi connectivity index (χ4v) is 4.96. The van der Waals surface area contributed by atoms with Crippen molar-refractivity contribution < 1.29 is 9.53 Å². The van der Waals surface area contributed by atoms with Gasteiger partial charge in [0.05, 0.1) is 11.8 Å². The number of rotatable bonds is 5. The summed E-state index contributed by atoms with van der Waals surface area (Å²) in [5.41, 5.74) is 2.26. The van der Waals surface area contributed by atoms with E-state index in [1.165, 1.54) is 24.9 Å². The van der Waals surface area contributed by atoms with E-state index in [0.717, 1.165) is 23.5 Å². The third-order valence-electron chi connectivity index (χ3n) is 5.64. The highest BCUT2D eigenvalue weighted by Gasteiger charge is 2.44. The lowest BCUT2D eigenvalue weighted by Gasteiger charge is -2.19. The Morgan fingerprint density at radius 2 is 2.12 bits per heavy atom. The summed E-state index contributed by atoms with van der Waals surface area (Å²) in [4.78, 5) is 27.3. The molecule has 0 radical (unpaired) electrons. The summed E-state index contributed by atoms with van der Waals surface area (Å²) in [7, 11) is 0. The highest BCUT2D eigenvalue weighted by atomic mass is 32.1. The maximum absolute atomic E-state index is 12.5. The molecule has 26 heavy (non-hydrogen) atoms. The molecule has 0 unspecified atom stereocenters. The van der Waals surface area contributed by atoms with Gasteiger partial charge >= 0.3 is 0 Å². The summed E-state index contributed by atoms with van der Waals surface area (Å²) in [5, 5.41) is 3.33. The van der Waals surface area contributed by atoms with Crippen LogP contribution in [0.3, 0.4) is 0 Å². The van der Waals surface area contributed by atoms with E-state index in [1.54, 1.807) is 23.7 Å². The Balaban J connectivity index is 1.14. The summed E-state index contributed by atoms with van der Waals surface area (Å²) >= 11 is 1.74. The molecule has 4 heterocycles. The van der Waals surface area contributed by atoms with E-state index < -0.39 is 0 Å². The molecule has 3 fully saturated rings. The molecule has 5 rings (SSSR count). The van der Waals surface area contributed by atoms with Crippen LogP contribution in [0.2, 0.25) is 0 Å². The smallest absolute Gasteiger partial charge is 0.223 e. The second-order valence-electron chi connectivity index (χ2n) is 7.59. The third-order valence-corrected chi connectivity index (χ3v) is 6.60. The summed E-state index contributed by atoms with van der Waals surface area (Å²) in [6.07, 6.45) is 10.1. The number of carbonyl (C=O) groups excluding carboxylic acids is 1. The van der Waals surface area contributed by atoms with Crippen molar-refractivity contribution in [1.29, 1.82) is 0 Å². The Labute approximate surface area is 156 Å². The maximum Gasteiger partial charge on any atom is 0.223 e. The number of aromatic nitrogens is 3. The summed E-state index contributed by atoms with van der Waals surface area (Å²) in [6.45, 7) is 1.53. The summed E-state index contributed by atoms with van der Waals surface area (Å²) in [5.74, 6) is 1.34. The van der Waals surface area contributed by atoms with Crippen molar-refractivity contribution in [3.05, 3.63) is 40.4 Å². The average molecular weight is 370 g/mol. The Hall–Kier alpha value is -1.86. The Bertz CT molecular complexity index is 778. The molecule has 1 saturated carbocycles. The molecular weight excluding hydrogens is 348 g/mol. The predicted molar refractivity (Wildman–Crippen MR) is 96.7 cm³/mol. The molecule has 0 N–H and O–H groups in total. The second-order valence-corrected chi connectivity index (χ2v) is 8.48. The lowest BCUT2D eigenvalue weighted by atomic mass is 10.0. The van der Waals surface area contributed by atoms with Gasteiger partial charge in [0, 0.05) is 49.1 Å². The predicted octanol–water partition coefficient (Wildman–Crippen LogP) is 2.73. The minimum Gasteiger partial charge on any atom is -0.366 e. The number of hydrogen-bond acceptors (Lipinski definition) is 6. The maximum atomic E-state index is 12.5. The first-order chi connectivity index (χ1) is 12.8. The highest BCUT2D eigenvalue weighted by molar-refractivity contribution is 7.09. The first-order valence-electron chi connectivity index (χ1n) is 9.38. The van der Waals surface area contributed by atoms with Crippen molar-refractivity contribution in [1.82, 2.24) is 19.9 Å². The van der Waals surface area contributed by atoms with E-state index in [-0.39, 0.29) is 18.1 Å². The monoisotopic (exact) mass is 370 g/mol. The number of amides is 1. The van der Waals surface area contributed by atoms with Gasteiger partial charge in [-0.25, -0.2) is 15.0 Å². The Morgan fingerprint density at radius 1 is 1.27 bits per heavy atom. The van der Waals surface area contributed by atoms with Gasteiger partial charge in [0.15, 0.2) is 0 Å². The molecule has 136 valence electrons. The highest BCUT2D eigenvalue weighted by Crippen LogP contribution is 2.45. The minimum atomic E-state index is 0.126. The molecule has 2 aromatic heterocycles. The largest absolute Gasteiger partial charge is 0.366 e. The van der Waals surface area contributed by atoms with Gasteiger partial charge in [-0.3, -0.25) is 4.79 Å². The quantitative estimate of drug-likeness (QED) is 0.809. The van der Waals surface area contributed by atoms with Crippen LogP contribution >= 0.6 is 11.3 Å². The van der Waals surface area contributed by atoms with E-state index in [4.69, 9.17) is 9.72 Å². The van der Waals surface area contributed by atoms with Crippen molar-refractivity contribution in [2.75, 3.05) is 13.1 Å². The minimum absolute atomic E-state index is 0.126. The molecule has 3 atom stereocenters. The lowest BCUT2D eigenvalue weighted by molar-refractivity contribution is -0.131. The van der Waals surface area contributed by atoms with E-state index in [1.807, 2.05) is 4.90 Å². The number of thiazole rings is 1. The van der Waals surface area contributed by atoms with Crippen LogP contribution in [0.25, 0.3) is 0 Å². The molecular formula is C19H22N4O2S. The van der Waals surface area contributed by atoms with Crippen LogP contribution in [0.5, 0.6) is 0 Å². The average Bonchev–Trinajstić information content (AvgIpc) is 3.07. The number of ether oxygens (including phenoxy) is 1. The number of likely N-dealkylation sites (tertiary alicyclic amines) is 1. The molecule has 2 aromatic rings. The second kappa shape index (κ2) is 6.70. The molecule has 6 nitrogen and oxygen atoms in total. The molecule has 0 aromatic carbocycles. The van der Waals surface area contributed by atoms with E-state index in [2.05, 4.69) is 15.3 Å². The molecule has 3 aliphatic rings.